The van der Waals surface area contributed by atoms with Crippen molar-refractivity contribution < 1.29 is 4.28 Å². The first-order valence-electron chi connectivity index (χ1n) is 9.31. The summed E-state index contributed by atoms with van der Waals surface area (Å²) >= 11 is 1.35. The molecule has 26 heavy (non-hydrogen) atoms. The Kier molecular flexibility index (Phi) is 21.3. The number of likely N-dealkylation sites (N-methyl/N-ethyl adjacent to an activating group) is 1. The number of hydroxylamine groups is 2. The molecule has 0 saturated carbocycles. The van der Waals surface area contributed by atoms with E-state index >= 15 is 0 Å². The zero-order chi connectivity index (χ0) is 19.9. The van der Waals surface area contributed by atoms with E-state index in [-0.39, 0.29) is 18.9 Å². The van der Waals surface area contributed by atoms with Crippen LogP contribution >= 0.6 is 25.7 Å². The number of nitrogens with one attached hydrogen (secondary N) is 1. The van der Waals surface area contributed by atoms with Crippen molar-refractivity contribution in [1.82, 2.24) is 14.7 Å². The van der Waals surface area contributed by atoms with E-state index in [1.807, 2.05) is 64.3 Å². The third-order valence-electron chi connectivity index (χ3n) is 3.27. The summed E-state index contributed by atoms with van der Waals surface area (Å²) in [6.45, 7) is 16.3. The monoisotopic (exact) mass is 405 g/mol. The fourth-order valence-electron chi connectivity index (χ4n) is 2.02. The number of nitrogens with zero attached hydrogens (tertiary/aromatic N) is 2. The maximum absolute atomic E-state index is 5.87. The van der Waals surface area contributed by atoms with E-state index in [4.69, 9.17) is 4.28 Å². The SMILES string of the molecule is CC.CC.CNC(CN(Cc1ccccc1)OSN(C)C)C(C)(C)C.S. The fourth-order valence-corrected chi connectivity index (χ4v) is 2.37. The molecule has 0 aliphatic carbocycles. The van der Waals surface area contributed by atoms with Gasteiger partial charge in [-0.25, -0.2) is 8.59 Å². The maximum atomic E-state index is 5.87. The van der Waals surface area contributed by atoms with Crippen LogP contribution in [0.4, 0.5) is 0 Å². The summed E-state index contributed by atoms with van der Waals surface area (Å²) in [7, 11) is 5.96. The first kappa shape index (κ1) is 30.5. The van der Waals surface area contributed by atoms with Crippen molar-refractivity contribution in [1.29, 1.82) is 0 Å². The summed E-state index contributed by atoms with van der Waals surface area (Å²) < 4.78 is 7.82. The highest BCUT2D eigenvalue weighted by molar-refractivity contribution is 7.92. The fraction of sp³-hybridized carbons (Fsp3) is 0.700. The lowest BCUT2D eigenvalue weighted by Crippen LogP contribution is -2.46. The molecular formula is C20H43N3OS2. The molecule has 0 aliphatic rings. The lowest BCUT2D eigenvalue weighted by atomic mass is 9.86. The summed E-state index contributed by atoms with van der Waals surface area (Å²) in [6.07, 6.45) is 0. The predicted octanol–water partition coefficient (Wildman–Crippen LogP) is 5.34. The molecule has 0 fully saturated rings. The van der Waals surface area contributed by atoms with Gasteiger partial charge in [-0.15, -0.1) is 0 Å². The van der Waals surface area contributed by atoms with Crippen molar-refractivity contribution in [3.63, 3.8) is 0 Å². The van der Waals surface area contributed by atoms with Gasteiger partial charge in [0.1, 0.15) is 12.2 Å². The molecule has 0 spiro atoms. The molecule has 0 bridgehead atoms. The van der Waals surface area contributed by atoms with E-state index in [2.05, 4.69) is 50.4 Å². The summed E-state index contributed by atoms with van der Waals surface area (Å²) in [6, 6.07) is 10.8. The molecule has 0 aromatic heterocycles. The molecule has 0 radical (unpaired) electrons. The van der Waals surface area contributed by atoms with Gasteiger partial charge in [0.15, 0.2) is 0 Å². The Morgan fingerprint density at radius 1 is 1.04 bits per heavy atom. The van der Waals surface area contributed by atoms with Gasteiger partial charge in [0, 0.05) is 12.6 Å². The molecule has 1 N–H and O–H groups in total. The van der Waals surface area contributed by atoms with Gasteiger partial charge in [-0.05, 0) is 32.1 Å². The minimum atomic E-state index is 0. The number of hydrogen-bond donors (Lipinski definition) is 1. The highest BCUT2D eigenvalue weighted by Crippen LogP contribution is 2.22. The largest absolute Gasteiger partial charge is 0.315 e. The first-order valence-corrected chi connectivity index (χ1v) is 10.0. The molecule has 0 aliphatic heterocycles. The normalized spacial score (nSPS) is 11.7. The van der Waals surface area contributed by atoms with Crippen molar-refractivity contribution in [3.05, 3.63) is 35.9 Å². The predicted molar refractivity (Wildman–Crippen MR) is 125 cm³/mol. The minimum absolute atomic E-state index is 0. The minimum Gasteiger partial charge on any atom is -0.315 e. The van der Waals surface area contributed by atoms with Gasteiger partial charge in [-0.2, -0.15) is 18.6 Å². The Hall–Kier alpha value is -0.240. The Morgan fingerprint density at radius 2 is 1.54 bits per heavy atom. The third-order valence-corrected chi connectivity index (χ3v) is 3.85. The number of hydrogen-bond acceptors (Lipinski definition) is 5. The smallest absolute Gasteiger partial charge is 0.104 e. The lowest BCUT2D eigenvalue weighted by molar-refractivity contribution is -0.0653. The molecule has 0 heterocycles. The van der Waals surface area contributed by atoms with Gasteiger partial charge in [0.25, 0.3) is 0 Å². The van der Waals surface area contributed by atoms with E-state index in [0.29, 0.717) is 6.04 Å². The molecule has 1 aromatic carbocycles. The molecular weight excluding hydrogens is 362 g/mol. The van der Waals surface area contributed by atoms with Crippen molar-refractivity contribution in [2.75, 3.05) is 27.7 Å². The summed E-state index contributed by atoms with van der Waals surface area (Å²) in [5.41, 5.74) is 1.43. The van der Waals surface area contributed by atoms with Crippen LogP contribution < -0.4 is 5.32 Å². The molecule has 1 atom stereocenters. The van der Waals surface area contributed by atoms with Crippen LogP contribution in [0.1, 0.15) is 54.0 Å². The van der Waals surface area contributed by atoms with Gasteiger partial charge in [0.05, 0.1) is 6.54 Å². The van der Waals surface area contributed by atoms with Crippen LogP contribution in [-0.2, 0) is 10.8 Å². The van der Waals surface area contributed by atoms with Crippen molar-refractivity contribution in [2.45, 2.75) is 61.1 Å². The molecule has 1 aromatic rings. The van der Waals surface area contributed by atoms with Crippen LogP contribution in [0.15, 0.2) is 30.3 Å². The highest BCUT2D eigenvalue weighted by atomic mass is 32.2. The van der Waals surface area contributed by atoms with E-state index < -0.39 is 0 Å². The molecule has 1 rings (SSSR count). The van der Waals surface area contributed by atoms with Crippen LogP contribution in [0, 0.1) is 5.41 Å². The standard InChI is InChI=1S/C16H29N3OS.2C2H6.H2S/c1-16(2,3)15(17-4)13-19(20-21-18(5)6)12-14-10-8-7-9-11-14;2*1-2;/h7-11,15,17H,12-13H2,1-6H3;2*1-2H3;1H2. The highest BCUT2D eigenvalue weighted by Gasteiger charge is 2.26. The number of rotatable bonds is 8. The summed E-state index contributed by atoms with van der Waals surface area (Å²) in [5.74, 6) is 0. The van der Waals surface area contributed by atoms with Crippen molar-refractivity contribution in [2.24, 2.45) is 5.41 Å². The Bertz CT molecular complexity index is 398. The Labute approximate surface area is 174 Å². The van der Waals surface area contributed by atoms with Crippen LogP contribution in [0.25, 0.3) is 0 Å². The van der Waals surface area contributed by atoms with Crippen molar-refractivity contribution >= 4 is 25.7 Å². The maximum Gasteiger partial charge on any atom is 0.104 e. The van der Waals surface area contributed by atoms with Crippen LogP contribution in [-0.4, -0.2) is 43.1 Å². The second-order valence-electron chi connectivity index (χ2n) is 6.48. The van der Waals surface area contributed by atoms with Gasteiger partial charge in [-0.1, -0.05) is 78.8 Å². The van der Waals surface area contributed by atoms with Crippen LogP contribution in [0.3, 0.4) is 0 Å². The van der Waals surface area contributed by atoms with Gasteiger partial charge in [0.2, 0.25) is 0 Å². The Morgan fingerprint density at radius 3 is 1.92 bits per heavy atom. The lowest BCUT2D eigenvalue weighted by Gasteiger charge is -2.34. The van der Waals surface area contributed by atoms with E-state index in [0.717, 1.165) is 13.1 Å². The average Bonchev–Trinajstić information content (AvgIpc) is 2.60. The Balaban J connectivity index is -0.000000985. The van der Waals surface area contributed by atoms with E-state index in [9.17, 15) is 0 Å². The molecule has 0 amide bonds. The first-order chi connectivity index (χ1) is 11.8. The van der Waals surface area contributed by atoms with Crippen molar-refractivity contribution in [3.8, 4) is 0 Å². The topological polar surface area (TPSA) is 27.7 Å². The third kappa shape index (κ3) is 14.9. The van der Waals surface area contributed by atoms with E-state index in [1.165, 1.54) is 17.8 Å². The van der Waals surface area contributed by atoms with E-state index in [1.54, 1.807) is 0 Å². The van der Waals surface area contributed by atoms with Crippen LogP contribution in [0.2, 0.25) is 0 Å². The van der Waals surface area contributed by atoms with Gasteiger partial charge in [-0.3, -0.25) is 0 Å². The average molecular weight is 406 g/mol. The number of benzene rings is 1. The second-order valence-corrected chi connectivity index (χ2v) is 7.51. The molecule has 1 unspecified atom stereocenters. The van der Waals surface area contributed by atoms with Crippen LogP contribution in [0.5, 0.6) is 0 Å². The van der Waals surface area contributed by atoms with Gasteiger partial charge < -0.3 is 5.32 Å². The summed E-state index contributed by atoms with van der Waals surface area (Å²) in [4.78, 5) is 0. The zero-order valence-corrected chi connectivity index (χ0v) is 20.4. The quantitative estimate of drug-likeness (QED) is 0.358. The molecule has 0 saturated heterocycles. The molecule has 156 valence electrons. The van der Waals surface area contributed by atoms with Gasteiger partial charge >= 0.3 is 0 Å². The molecule has 6 heteroatoms. The molecule has 4 nitrogen and oxygen atoms in total. The zero-order valence-electron chi connectivity index (χ0n) is 18.6. The second kappa shape index (κ2) is 18.1. The summed E-state index contributed by atoms with van der Waals surface area (Å²) in [5, 5.41) is 5.42.